The van der Waals surface area contributed by atoms with Crippen molar-refractivity contribution in [3.05, 3.63) is 11.5 Å². The summed E-state index contributed by atoms with van der Waals surface area (Å²) in [4.78, 5) is 12.8. The van der Waals surface area contributed by atoms with Crippen LogP contribution in [0.15, 0.2) is 4.99 Å². The van der Waals surface area contributed by atoms with E-state index in [0.717, 1.165) is 23.7 Å². The Balaban J connectivity index is 3.25. The Kier molecular flexibility index (Phi) is 3.17. The summed E-state index contributed by atoms with van der Waals surface area (Å²) in [5, 5.41) is 0. The lowest BCUT2D eigenvalue weighted by atomic mass is 10.3. The van der Waals surface area contributed by atoms with Crippen LogP contribution in [0, 0.1) is 6.92 Å². The van der Waals surface area contributed by atoms with Gasteiger partial charge in [-0.25, -0.2) is 9.97 Å². The van der Waals surface area contributed by atoms with E-state index >= 15 is 0 Å². The normalized spacial score (nSPS) is 10.0. The second-order valence-electron chi connectivity index (χ2n) is 3.37. The molecule has 1 aromatic heterocycles. The molecular formula is C10H16N4. The van der Waals surface area contributed by atoms with E-state index in [-0.39, 0.29) is 0 Å². The largest absolute Gasteiger partial charge is 0.382 e. The minimum Gasteiger partial charge on any atom is -0.382 e. The van der Waals surface area contributed by atoms with Crippen LogP contribution in [0.2, 0.25) is 0 Å². The van der Waals surface area contributed by atoms with Crippen LogP contribution in [0.5, 0.6) is 0 Å². The number of hydrogen-bond acceptors (Lipinski definition) is 4. The van der Waals surface area contributed by atoms with Crippen LogP contribution in [0.1, 0.15) is 32.3 Å². The first kappa shape index (κ1) is 10.6. The quantitative estimate of drug-likeness (QED) is 0.729. The fourth-order valence-electron chi connectivity index (χ4n) is 1.17. The zero-order valence-corrected chi connectivity index (χ0v) is 9.13. The fourth-order valence-corrected chi connectivity index (χ4v) is 1.17. The van der Waals surface area contributed by atoms with Crippen LogP contribution < -0.4 is 5.73 Å². The van der Waals surface area contributed by atoms with Gasteiger partial charge in [-0.1, -0.05) is 6.92 Å². The maximum atomic E-state index is 5.79. The second kappa shape index (κ2) is 4.17. The zero-order valence-electron chi connectivity index (χ0n) is 9.13. The first-order valence-corrected chi connectivity index (χ1v) is 4.69. The molecule has 0 atom stereocenters. The van der Waals surface area contributed by atoms with E-state index in [2.05, 4.69) is 15.0 Å². The van der Waals surface area contributed by atoms with Crippen molar-refractivity contribution >= 4 is 17.2 Å². The Morgan fingerprint density at radius 2 is 2.00 bits per heavy atom. The van der Waals surface area contributed by atoms with Crippen molar-refractivity contribution in [2.45, 2.75) is 34.1 Å². The zero-order chi connectivity index (χ0) is 10.7. The molecule has 0 saturated heterocycles. The number of aliphatic imine (C=N–C) groups is 1. The van der Waals surface area contributed by atoms with Gasteiger partial charge in [0.05, 0.1) is 5.69 Å². The highest BCUT2D eigenvalue weighted by atomic mass is 15.0. The molecule has 0 amide bonds. The Labute approximate surface area is 84.3 Å². The van der Waals surface area contributed by atoms with Crippen LogP contribution in [-0.4, -0.2) is 15.7 Å². The van der Waals surface area contributed by atoms with Gasteiger partial charge in [0.25, 0.3) is 0 Å². The third-order valence-electron chi connectivity index (χ3n) is 1.78. The lowest BCUT2D eigenvalue weighted by Crippen LogP contribution is -2.01. The molecule has 0 aliphatic rings. The molecule has 2 N–H and O–H groups in total. The molecule has 0 fully saturated rings. The number of nitrogen functional groups attached to an aromatic ring is 1. The maximum absolute atomic E-state index is 5.79. The van der Waals surface area contributed by atoms with E-state index in [1.807, 2.05) is 27.7 Å². The van der Waals surface area contributed by atoms with E-state index in [0.29, 0.717) is 11.5 Å². The predicted molar refractivity (Wildman–Crippen MR) is 59.0 cm³/mol. The highest BCUT2D eigenvalue weighted by Gasteiger charge is 2.06. The number of nitrogens with zero attached hydrogens (tertiary/aromatic N) is 3. The SMILES string of the molecule is CCc1nc(C)c(N=C(C)C)c(N)n1. The Morgan fingerprint density at radius 3 is 2.43 bits per heavy atom. The molecule has 14 heavy (non-hydrogen) atoms. The molecule has 0 radical (unpaired) electrons. The lowest BCUT2D eigenvalue weighted by molar-refractivity contribution is 0.922. The van der Waals surface area contributed by atoms with Crippen LogP contribution in [-0.2, 0) is 6.42 Å². The van der Waals surface area contributed by atoms with Crippen molar-refractivity contribution < 1.29 is 0 Å². The molecule has 0 aliphatic carbocycles. The van der Waals surface area contributed by atoms with Crippen molar-refractivity contribution in [2.75, 3.05) is 5.73 Å². The van der Waals surface area contributed by atoms with Crippen LogP contribution in [0.4, 0.5) is 11.5 Å². The standard InChI is InChI=1S/C10H16N4/c1-5-8-13-7(4)9(10(11)14-8)12-6(2)3/h5H2,1-4H3,(H2,11,13,14). The minimum absolute atomic E-state index is 0.468. The number of rotatable bonds is 2. The first-order chi connectivity index (χ1) is 6.54. The van der Waals surface area contributed by atoms with E-state index in [1.54, 1.807) is 0 Å². The molecule has 0 unspecified atom stereocenters. The van der Waals surface area contributed by atoms with E-state index < -0.39 is 0 Å². The van der Waals surface area contributed by atoms with Gasteiger partial charge in [-0.05, 0) is 20.8 Å². The van der Waals surface area contributed by atoms with Crippen molar-refractivity contribution in [2.24, 2.45) is 4.99 Å². The van der Waals surface area contributed by atoms with Gasteiger partial charge in [-0.2, -0.15) is 0 Å². The smallest absolute Gasteiger partial charge is 0.153 e. The third-order valence-corrected chi connectivity index (χ3v) is 1.78. The molecule has 76 valence electrons. The van der Waals surface area contributed by atoms with Crippen LogP contribution in [0.25, 0.3) is 0 Å². The van der Waals surface area contributed by atoms with Crippen molar-refractivity contribution in [3.63, 3.8) is 0 Å². The second-order valence-corrected chi connectivity index (χ2v) is 3.37. The maximum Gasteiger partial charge on any atom is 0.153 e. The van der Waals surface area contributed by atoms with Crippen LogP contribution >= 0.6 is 0 Å². The highest BCUT2D eigenvalue weighted by molar-refractivity contribution is 5.84. The minimum atomic E-state index is 0.468. The average molecular weight is 192 g/mol. The van der Waals surface area contributed by atoms with Gasteiger partial charge in [0, 0.05) is 12.1 Å². The number of hydrogen-bond donors (Lipinski definition) is 1. The summed E-state index contributed by atoms with van der Waals surface area (Å²) in [6.45, 7) is 7.75. The van der Waals surface area contributed by atoms with Gasteiger partial charge in [0.2, 0.25) is 0 Å². The van der Waals surface area contributed by atoms with Gasteiger partial charge < -0.3 is 5.73 Å². The first-order valence-electron chi connectivity index (χ1n) is 4.69. The van der Waals surface area contributed by atoms with Crippen LogP contribution in [0.3, 0.4) is 0 Å². The molecule has 1 heterocycles. The number of aromatic nitrogens is 2. The van der Waals surface area contributed by atoms with E-state index in [4.69, 9.17) is 5.73 Å². The van der Waals surface area contributed by atoms with Crippen molar-refractivity contribution in [3.8, 4) is 0 Å². The lowest BCUT2D eigenvalue weighted by Gasteiger charge is -2.05. The summed E-state index contributed by atoms with van der Waals surface area (Å²) in [5.74, 6) is 1.24. The van der Waals surface area contributed by atoms with Gasteiger partial charge in [0.15, 0.2) is 5.82 Å². The number of anilines is 1. The van der Waals surface area contributed by atoms with Gasteiger partial charge in [-0.3, -0.25) is 4.99 Å². The molecule has 0 spiro atoms. The fraction of sp³-hybridized carbons (Fsp3) is 0.500. The van der Waals surface area contributed by atoms with Gasteiger partial charge >= 0.3 is 0 Å². The van der Waals surface area contributed by atoms with E-state index in [1.165, 1.54) is 0 Å². The summed E-state index contributed by atoms with van der Waals surface area (Å²) in [7, 11) is 0. The molecule has 0 saturated carbocycles. The number of nitrogens with two attached hydrogens (primary N) is 1. The summed E-state index contributed by atoms with van der Waals surface area (Å²) in [6.07, 6.45) is 0.792. The summed E-state index contributed by atoms with van der Waals surface area (Å²) in [6, 6.07) is 0. The molecular weight excluding hydrogens is 176 g/mol. The van der Waals surface area contributed by atoms with Gasteiger partial charge in [0.1, 0.15) is 11.5 Å². The number of aryl methyl sites for hydroxylation is 2. The topological polar surface area (TPSA) is 64.2 Å². The van der Waals surface area contributed by atoms with Gasteiger partial charge in [-0.15, -0.1) is 0 Å². The Morgan fingerprint density at radius 1 is 1.36 bits per heavy atom. The predicted octanol–water partition coefficient (Wildman–Crippen LogP) is 2.04. The summed E-state index contributed by atoms with van der Waals surface area (Å²) in [5.41, 5.74) is 8.28. The molecule has 0 bridgehead atoms. The Bertz CT molecular complexity index is 341. The Hall–Kier alpha value is -1.45. The average Bonchev–Trinajstić information content (AvgIpc) is 2.10. The molecule has 1 rings (SSSR count). The van der Waals surface area contributed by atoms with Crippen molar-refractivity contribution in [1.82, 2.24) is 9.97 Å². The molecule has 0 aliphatic heterocycles. The third kappa shape index (κ3) is 2.28. The molecule has 1 aromatic rings. The van der Waals surface area contributed by atoms with Crippen molar-refractivity contribution in [1.29, 1.82) is 0 Å². The monoisotopic (exact) mass is 192 g/mol. The summed E-state index contributed by atoms with van der Waals surface area (Å²) >= 11 is 0. The highest BCUT2D eigenvalue weighted by Crippen LogP contribution is 2.23. The van der Waals surface area contributed by atoms with E-state index in [9.17, 15) is 0 Å². The summed E-state index contributed by atoms with van der Waals surface area (Å²) < 4.78 is 0. The molecule has 4 nitrogen and oxygen atoms in total. The molecule has 0 aromatic carbocycles. The molecule has 4 heteroatoms.